The van der Waals surface area contributed by atoms with E-state index < -0.39 is 43.6 Å². The van der Waals surface area contributed by atoms with E-state index in [0.29, 0.717) is 35.8 Å². The van der Waals surface area contributed by atoms with Crippen LogP contribution in [0.4, 0.5) is 0 Å². The molecule has 0 spiro atoms. The Bertz CT molecular complexity index is 4510. The third-order valence-electron chi connectivity index (χ3n) is 24.9. The van der Waals surface area contributed by atoms with Crippen LogP contribution in [0, 0.1) is 11.8 Å². The molecule has 4 atom stereocenters. The van der Waals surface area contributed by atoms with Gasteiger partial charge < -0.3 is 41.1 Å². The summed E-state index contributed by atoms with van der Waals surface area (Å²) in [6, 6.07) is 152. The molecule has 648 valence electrons. The van der Waals surface area contributed by atoms with Crippen LogP contribution in [0.25, 0.3) is 0 Å². The Hall–Kier alpha value is -9.84. The predicted molar refractivity (Wildman–Crippen MR) is 531 cm³/mol. The smallest absolute Gasteiger partial charge is 0.550 e. The molecule has 2 saturated carbocycles. The fourth-order valence-electron chi connectivity index (χ4n) is 17.8. The molecule has 4 N–H and O–H groups in total. The summed E-state index contributed by atoms with van der Waals surface area (Å²) in [4.78, 5) is 26.9. The predicted octanol–water partition coefficient (Wildman–Crippen LogP) is 14.4. The SMILES string of the molecule is O=C([O-])CC1(N2CCC(CN[C@@H]3C[C@H]3c3ccccc3)CC2)CNC1.O=C([O-])CC1(N2CCC(CN[C@@H]3C[C@H]3c3ccccc3)CC2)CNC1.[Pd+2].c1ccc(P(c2ccccc2)c2ccccc2)cc1.c1ccc(P(c2ccccc2)c2ccccc2)cc1.c1ccc(P(c2ccccc2)c2ccccc2)cc1.c1ccc(P(c2ccccc2)c2ccccc2)cc1. The van der Waals surface area contributed by atoms with Gasteiger partial charge in [-0.3, -0.25) is 9.80 Å². The Labute approximate surface area is 772 Å². The van der Waals surface area contributed by atoms with Crippen molar-refractivity contribution >= 4 is 107 Å². The summed E-state index contributed by atoms with van der Waals surface area (Å²) in [6.07, 6.45) is 7.45. The molecular weight excluding hydrogens is 1720 g/mol. The summed E-state index contributed by atoms with van der Waals surface area (Å²) in [6.45, 7) is 9.34. The van der Waals surface area contributed by atoms with Crippen LogP contribution in [0.1, 0.15) is 74.3 Å². The van der Waals surface area contributed by atoms with Crippen molar-refractivity contribution in [2.45, 2.75) is 86.4 Å². The maximum absolute atomic E-state index is 11.1. The zero-order valence-electron chi connectivity index (χ0n) is 72.2. The number of rotatable bonds is 26. The Morgan fingerprint density at radius 3 is 0.591 bits per heavy atom. The normalized spacial score (nSPS) is 17.8. The Balaban J connectivity index is 0.000000124. The van der Waals surface area contributed by atoms with Gasteiger partial charge in [-0.2, -0.15) is 0 Å². The van der Waals surface area contributed by atoms with Crippen LogP contribution in [0.15, 0.2) is 425 Å². The van der Waals surface area contributed by atoms with Crippen molar-refractivity contribution in [3.05, 3.63) is 436 Å². The van der Waals surface area contributed by atoms with E-state index in [-0.39, 0.29) is 44.3 Å². The number of carbonyl (C=O) groups excluding carboxylic acids is 2. The molecule has 2 aliphatic carbocycles. The van der Waals surface area contributed by atoms with E-state index in [2.05, 4.69) is 456 Å². The minimum atomic E-state index is -0.925. The van der Waals surface area contributed by atoms with Gasteiger partial charge in [0.05, 0.1) is 11.1 Å². The molecule has 0 unspecified atom stereocenters. The molecule has 4 heterocycles. The van der Waals surface area contributed by atoms with Gasteiger partial charge in [0, 0.05) is 74.9 Å². The molecule has 14 aromatic carbocycles. The molecule has 0 bridgehead atoms. The first-order chi connectivity index (χ1) is 62.1. The molecule has 0 aromatic heterocycles. The first kappa shape index (κ1) is 93.3. The van der Waals surface area contributed by atoms with Crippen LogP contribution in [0.2, 0.25) is 0 Å². The monoisotopic (exact) mass is 1840 g/mol. The number of likely N-dealkylation sites (tertiary alicyclic amines) is 2. The third kappa shape index (κ3) is 26.7. The zero-order chi connectivity index (χ0) is 86.2. The van der Waals surface area contributed by atoms with E-state index >= 15 is 0 Å². The number of nitrogens with one attached hydrogen (secondary N) is 4. The average molecular weight is 1840 g/mol. The molecule has 0 radical (unpaired) electrons. The molecule has 6 fully saturated rings. The summed E-state index contributed by atoms with van der Waals surface area (Å²) in [5.41, 5.74) is 2.53. The molecule has 10 nitrogen and oxygen atoms in total. The van der Waals surface area contributed by atoms with Crippen LogP contribution < -0.4 is 95.1 Å². The number of carboxylic acids is 2. The number of carbonyl (C=O) groups is 2. The maximum atomic E-state index is 11.1. The number of aliphatic carboxylic acids is 2. The zero-order valence-corrected chi connectivity index (χ0v) is 77.4. The molecule has 4 aliphatic heterocycles. The van der Waals surface area contributed by atoms with Crippen LogP contribution in [-0.4, -0.2) is 110 Å². The second-order valence-electron chi connectivity index (χ2n) is 33.5. The first-order valence-electron chi connectivity index (χ1n) is 44.8. The maximum Gasteiger partial charge on any atom is 2.00 e. The topological polar surface area (TPSA) is 135 Å². The van der Waals surface area contributed by atoms with Crippen molar-refractivity contribution in [2.24, 2.45) is 11.8 Å². The van der Waals surface area contributed by atoms with Gasteiger partial charge in [0.1, 0.15) is 0 Å². The third-order valence-corrected chi connectivity index (χ3v) is 34.7. The van der Waals surface area contributed by atoms with Gasteiger partial charge >= 0.3 is 20.4 Å². The van der Waals surface area contributed by atoms with E-state index in [1.165, 1.54) is 87.6 Å². The summed E-state index contributed by atoms with van der Waals surface area (Å²) in [5, 5.41) is 52.9. The molecule has 0 amide bonds. The van der Waals surface area contributed by atoms with Gasteiger partial charge in [0.15, 0.2) is 0 Å². The minimum Gasteiger partial charge on any atom is -0.550 e. The largest absolute Gasteiger partial charge is 2.00 e. The number of piperidine rings is 2. The van der Waals surface area contributed by atoms with Crippen molar-refractivity contribution in [3.63, 3.8) is 0 Å². The number of benzene rings is 14. The first-order valence-corrected chi connectivity index (χ1v) is 50.2. The van der Waals surface area contributed by atoms with Crippen molar-refractivity contribution in [2.75, 3.05) is 65.4 Å². The fourth-order valence-corrected chi connectivity index (χ4v) is 27.1. The van der Waals surface area contributed by atoms with E-state index in [1.54, 1.807) is 0 Å². The van der Waals surface area contributed by atoms with Crippen LogP contribution >= 0.6 is 31.7 Å². The van der Waals surface area contributed by atoms with Crippen molar-refractivity contribution in [1.82, 2.24) is 31.1 Å². The van der Waals surface area contributed by atoms with E-state index in [4.69, 9.17) is 0 Å². The number of hydrogen-bond donors (Lipinski definition) is 4. The number of carboxylic acid groups (broad SMARTS) is 2. The van der Waals surface area contributed by atoms with Crippen LogP contribution in [0.3, 0.4) is 0 Å². The molecule has 6 aliphatic rings. The molecule has 20 rings (SSSR count). The summed E-state index contributed by atoms with van der Waals surface area (Å²) >= 11 is 0. The average Bonchev–Trinajstić information content (AvgIpc) is 1.75. The van der Waals surface area contributed by atoms with Gasteiger partial charge in [-0.1, -0.05) is 425 Å². The minimum absolute atomic E-state index is 0. The summed E-state index contributed by atoms with van der Waals surface area (Å²) in [5.74, 6) is 0.946. The Morgan fingerprint density at radius 2 is 0.441 bits per heavy atom. The summed E-state index contributed by atoms with van der Waals surface area (Å²) < 4.78 is 0. The van der Waals surface area contributed by atoms with Crippen molar-refractivity contribution in [1.29, 1.82) is 0 Å². The van der Waals surface area contributed by atoms with Gasteiger partial charge in [0.25, 0.3) is 0 Å². The standard InChI is InChI=1S/2C20H29N3O2.4C18H15P.Pd/c2*24-19(25)11-20(13-21-14-20)23-8-6-15(7-9-23)12-22-18-10-17(18)16-4-2-1-3-5-16;4*1-4-10-16(11-5-1)19(17-12-6-2-7-13-17)18-14-8-3-9-15-18;/h2*1-5,15,17-18,21-22H,6-14H2,(H,24,25);4*1-15H;/q;;;;;;+2/p-2/t2*17-,18+;;;;;/m00...../s1. The van der Waals surface area contributed by atoms with Crippen molar-refractivity contribution in [3.8, 4) is 0 Å². The number of hydrogen-bond acceptors (Lipinski definition) is 10. The summed E-state index contributed by atoms with van der Waals surface area (Å²) in [7, 11) is -1.78. The van der Waals surface area contributed by atoms with Gasteiger partial charge in [-0.25, -0.2) is 0 Å². The van der Waals surface area contributed by atoms with Crippen LogP contribution in [-0.2, 0) is 30.0 Å². The molecule has 127 heavy (non-hydrogen) atoms. The van der Waals surface area contributed by atoms with Gasteiger partial charge in [-0.15, -0.1) is 0 Å². The molecule has 15 heteroatoms. The van der Waals surface area contributed by atoms with E-state index in [1.807, 2.05) is 0 Å². The molecule has 4 saturated heterocycles. The second-order valence-corrected chi connectivity index (χ2v) is 42.4. The Morgan fingerprint density at radius 1 is 0.276 bits per heavy atom. The van der Waals surface area contributed by atoms with Crippen molar-refractivity contribution < 1.29 is 40.2 Å². The fraction of sp³-hybridized carbons (Fsp3) is 0.232. The number of nitrogens with zero attached hydrogens (tertiary/aromatic N) is 2. The molecular formula is C112H116N6O4P4Pd. The van der Waals surface area contributed by atoms with Gasteiger partial charge in [0.2, 0.25) is 0 Å². The quantitative estimate of drug-likeness (QED) is 0.0307. The molecule has 14 aromatic rings. The second kappa shape index (κ2) is 48.5. The Kier molecular flexibility index (Phi) is 35.7. The van der Waals surface area contributed by atoms with Crippen LogP contribution in [0.5, 0.6) is 0 Å². The van der Waals surface area contributed by atoms with E-state index in [0.717, 1.165) is 91.1 Å². The van der Waals surface area contributed by atoms with Gasteiger partial charge in [-0.05, 0) is 196 Å². The van der Waals surface area contributed by atoms with E-state index in [9.17, 15) is 19.8 Å².